The number of aromatic nitrogens is 1. The van der Waals surface area contributed by atoms with E-state index in [2.05, 4.69) is 15.0 Å². The first-order chi connectivity index (χ1) is 12.1. The van der Waals surface area contributed by atoms with Crippen LogP contribution in [0, 0.1) is 0 Å². The topological polar surface area (TPSA) is 108 Å². The van der Waals surface area contributed by atoms with Gasteiger partial charge in [-0.25, -0.2) is 14.6 Å². The zero-order chi connectivity index (χ0) is 17.8. The fraction of sp³-hybridized carbons (Fsp3) is 0.125. The predicted octanol–water partition coefficient (Wildman–Crippen LogP) is 2.47. The second kappa shape index (κ2) is 7.14. The summed E-state index contributed by atoms with van der Waals surface area (Å²) in [5.41, 5.74) is 1.02. The fourth-order valence-electron chi connectivity index (χ4n) is 1.98. The number of carbonyl (C=O) groups is 3. The second-order valence-electron chi connectivity index (χ2n) is 4.79. The van der Waals surface area contributed by atoms with Gasteiger partial charge in [-0.15, -0.1) is 0 Å². The van der Waals surface area contributed by atoms with Gasteiger partial charge in [0.25, 0.3) is 5.91 Å². The molecule has 25 heavy (non-hydrogen) atoms. The van der Waals surface area contributed by atoms with Gasteiger partial charge in [-0.05, 0) is 30.3 Å². The first kappa shape index (κ1) is 16.7. The first-order valence-corrected chi connectivity index (χ1v) is 7.88. The lowest BCUT2D eigenvalue weighted by molar-refractivity contribution is -0.119. The smallest absolute Gasteiger partial charge is 0.374 e. The summed E-state index contributed by atoms with van der Waals surface area (Å²) in [5.74, 6) is -1.70. The number of fused-ring (bicyclic) bond motifs is 1. The number of nitrogens with one attached hydrogen (secondary N) is 1. The van der Waals surface area contributed by atoms with Gasteiger partial charge in [-0.2, -0.15) is 0 Å². The predicted molar refractivity (Wildman–Crippen MR) is 88.6 cm³/mol. The summed E-state index contributed by atoms with van der Waals surface area (Å²) in [6.45, 7) is -0.469. The molecule has 0 radical (unpaired) electrons. The van der Waals surface area contributed by atoms with E-state index in [1.54, 1.807) is 24.3 Å². The van der Waals surface area contributed by atoms with Crippen molar-refractivity contribution in [2.75, 3.05) is 19.0 Å². The van der Waals surface area contributed by atoms with Crippen LogP contribution in [0.3, 0.4) is 0 Å². The van der Waals surface area contributed by atoms with Gasteiger partial charge in [0.05, 0.1) is 29.2 Å². The van der Waals surface area contributed by atoms with Gasteiger partial charge in [0.1, 0.15) is 0 Å². The number of anilines is 1. The fourth-order valence-corrected chi connectivity index (χ4v) is 2.90. The van der Waals surface area contributed by atoms with Crippen LogP contribution in [0.15, 0.2) is 41.0 Å². The molecule has 0 aliphatic carbocycles. The van der Waals surface area contributed by atoms with E-state index in [0.717, 1.165) is 0 Å². The Bertz CT molecular complexity index is 931. The largest absolute Gasteiger partial charge is 0.465 e. The van der Waals surface area contributed by atoms with Crippen molar-refractivity contribution in [1.82, 2.24) is 4.98 Å². The van der Waals surface area contributed by atoms with E-state index in [1.165, 1.54) is 30.8 Å². The van der Waals surface area contributed by atoms with Crippen LogP contribution < -0.4 is 5.32 Å². The van der Waals surface area contributed by atoms with Gasteiger partial charge < -0.3 is 13.9 Å². The molecule has 0 fully saturated rings. The number of amides is 1. The summed E-state index contributed by atoms with van der Waals surface area (Å²) in [6.07, 6.45) is 1.33. The highest BCUT2D eigenvalue weighted by Crippen LogP contribution is 2.27. The molecule has 0 saturated heterocycles. The van der Waals surface area contributed by atoms with Gasteiger partial charge in [0.2, 0.25) is 5.76 Å². The Morgan fingerprint density at radius 3 is 2.80 bits per heavy atom. The summed E-state index contributed by atoms with van der Waals surface area (Å²) in [4.78, 5) is 39.2. The molecule has 0 atom stereocenters. The van der Waals surface area contributed by atoms with Crippen LogP contribution in [0.4, 0.5) is 5.13 Å². The standard InChI is InChI=1S/C16H12N2O6S/c1-22-14(20)9-4-5-10-12(7-9)25-16(17-10)18-13(19)8-24-15(21)11-3-2-6-23-11/h2-7H,8H2,1H3,(H,17,18,19). The summed E-state index contributed by atoms with van der Waals surface area (Å²) in [5, 5.41) is 2.87. The molecule has 128 valence electrons. The minimum atomic E-state index is -0.729. The molecule has 3 rings (SSSR count). The Morgan fingerprint density at radius 2 is 2.08 bits per heavy atom. The van der Waals surface area contributed by atoms with Crippen molar-refractivity contribution in [3.8, 4) is 0 Å². The van der Waals surface area contributed by atoms with Crippen molar-refractivity contribution in [1.29, 1.82) is 0 Å². The summed E-state index contributed by atoms with van der Waals surface area (Å²) < 4.78 is 15.1. The molecule has 0 bridgehead atoms. The Kier molecular flexibility index (Phi) is 4.75. The van der Waals surface area contributed by atoms with Crippen molar-refractivity contribution in [3.05, 3.63) is 47.9 Å². The highest BCUT2D eigenvalue weighted by atomic mass is 32.1. The third-order valence-electron chi connectivity index (χ3n) is 3.11. The van der Waals surface area contributed by atoms with E-state index in [-0.39, 0.29) is 5.76 Å². The van der Waals surface area contributed by atoms with Crippen molar-refractivity contribution in [2.45, 2.75) is 0 Å². The van der Waals surface area contributed by atoms with Crippen LogP contribution >= 0.6 is 11.3 Å². The molecule has 1 aromatic carbocycles. The normalized spacial score (nSPS) is 10.4. The number of rotatable bonds is 5. The molecular formula is C16H12N2O6S. The van der Waals surface area contributed by atoms with Crippen molar-refractivity contribution < 1.29 is 28.3 Å². The van der Waals surface area contributed by atoms with Crippen LogP contribution in [-0.2, 0) is 14.3 Å². The van der Waals surface area contributed by atoms with Gasteiger partial charge in [0, 0.05) is 0 Å². The number of methoxy groups -OCH3 is 1. The van der Waals surface area contributed by atoms with Crippen LogP contribution in [0.1, 0.15) is 20.9 Å². The molecule has 0 unspecified atom stereocenters. The van der Waals surface area contributed by atoms with Crippen LogP contribution in [0.25, 0.3) is 10.2 Å². The number of carbonyl (C=O) groups excluding carboxylic acids is 3. The maximum absolute atomic E-state index is 11.9. The van der Waals surface area contributed by atoms with Crippen LogP contribution in [0.2, 0.25) is 0 Å². The quantitative estimate of drug-likeness (QED) is 0.696. The Morgan fingerprint density at radius 1 is 1.24 bits per heavy atom. The molecular weight excluding hydrogens is 348 g/mol. The molecule has 0 spiro atoms. The second-order valence-corrected chi connectivity index (χ2v) is 5.83. The van der Waals surface area contributed by atoms with E-state index < -0.39 is 24.5 Å². The Labute approximate surface area is 145 Å². The molecule has 0 aliphatic rings. The Hall–Kier alpha value is -3.20. The number of thiazole rings is 1. The SMILES string of the molecule is COC(=O)c1ccc2nc(NC(=O)COC(=O)c3ccco3)sc2c1. The molecule has 2 aromatic heterocycles. The minimum Gasteiger partial charge on any atom is -0.465 e. The molecule has 1 N–H and O–H groups in total. The molecule has 9 heteroatoms. The van der Waals surface area contributed by atoms with Gasteiger partial charge >= 0.3 is 11.9 Å². The molecule has 8 nitrogen and oxygen atoms in total. The summed E-state index contributed by atoms with van der Waals surface area (Å²) in [6, 6.07) is 7.85. The summed E-state index contributed by atoms with van der Waals surface area (Å²) in [7, 11) is 1.30. The number of ether oxygens (including phenoxy) is 2. The number of benzene rings is 1. The van der Waals surface area contributed by atoms with E-state index in [1.807, 2.05) is 0 Å². The van der Waals surface area contributed by atoms with Gasteiger partial charge in [0.15, 0.2) is 11.7 Å². The van der Waals surface area contributed by atoms with E-state index >= 15 is 0 Å². The average molecular weight is 360 g/mol. The monoisotopic (exact) mass is 360 g/mol. The van der Waals surface area contributed by atoms with Crippen LogP contribution in [0.5, 0.6) is 0 Å². The third kappa shape index (κ3) is 3.83. The van der Waals surface area contributed by atoms with Crippen molar-refractivity contribution >= 4 is 44.5 Å². The first-order valence-electron chi connectivity index (χ1n) is 7.06. The highest BCUT2D eigenvalue weighted by Gasteiger charge is 2.14. The lowest BCUT2D eigenvalue weighted by Gasteiger charge is -2.02. The lowest BCUT2D eigenvalue weighted by atomic mass is 10.2. The van der Waals surface area contributed by atoms with Crippen molar-refractivity contribution in [3.63, 3.8) is 0 Å². The Balaban J connectivity index is 1.63. The molecule has 0 saturated carbocycles. The van der Waals surface area contributed by atoms with E-state index in [0.29, 0.717) is 20.9 Å². The minimum absolute atomic E-state index is 0.0168. The average Bonchev–Trinajstić information content (AvgIpc) is 3.27. The maximum atomic E-state index is 11.9. The molecule has 2 heterocycles. The van der Waals surface area contributed by atoms with Crippen LogP contribution in [-0.4, -0.2) is 36.5 Å². The highest BCUT2D eigenvalue weighted by molar-refractivity contribution is 7.22. The zero-order valence-corrected chi connectivity index (χ0v) is 13.8. The van der Waals surface area contributed by atoms with Gasteiger partial charge in [-0.3, -0.25) is 10.1 Å². The molecule has 3 aromatic rings. The van der Waals surface area contributed by atoms with Crippen molar-refractivity contribution in [2.24, 2.45) is 0 Å². The molecule has 1 amide bonds. The number of hydrogen-bond acceptors (Lipinski definition) is 8. The maximum Gasteiger partial charge on any atom is 0.374 e. The van der Waals surface area contributed by atoms with E-state index in [4.69, 9.17) is 9.15 Å². The number of furan rings is 1. The van der Waals surface area contributed by atoms with E-state index in [9.17, 15) is 14.4 Å². The third-order valence-corrected chi connectivity index (χ3v) is 4.05. The number of nitrogens with zero attached hydrogens (tertiary/aromatic N) is 1. The van der Waals surface area contributed by atoms with Gasteiger partial charge in [-0.1, -0.05) is 11.3 Å². The number of esters is 2. The summed E-state index contributed by atoms with van der Waals surface area (Å²) >= 11 is 1.19. The molecule has 0 aliphatic heterocycles. The lowest BCUT2D eigenvalue weighted by Crippen LogP contribution is -2.20. The zero-order valence-electron chi connectivity index (χ0n) is 13.0. The number of hydrogen-bond donors (Lipinski definition) is 1.